The molecule has 0 aliphatic carbocycles. The number of hydrazine groups is 1. The number of halogens is 2. The second-order valence-electron chi connectivity index (χ2n) is 6.31. The van der Waals surface area contributed by atoms with Crippen LogP contribution in [0.4, 0.5) is 15.8 Å². The molecule has 3 rings (SSSR count). The van der Waals surface area contributed by atoms with E-state index >= 15 is 0 Å². The van der Waals surface area contributed by atoms with Crippen molar-refractivity contribution in [3.8, 4) is 0 Å². The van der Waals surface area contributed by atoms with Gasteiger partial charge in [0.2, 0.25) is 0 Å². The third kappa shape index (κ3) is 4.23. The Hall–Kier alpha value is -3.36. The Kier molecular flexibility index (Phi) is 5.86. The SMILES string of the molecule is Cc1ccc(NC(=O)c2c(Cl)ccc(C)c2F)cc1C(=O)N(N)c1cncnc1. The average Bonchev–Trinajstić information content (AvgIpc) is 2.72. The van der Waals surface area contributed by atoms with Crippen molar-refractivity contribution in [2.75, 3.05) is 10.3 Å². The molecule has 0 spiro atoms. The zero-order chi connectivity index (χ0) is 21.1. The van der Waals surface area contributed by atoms with E-state index in [4.69, 9.17) is 17.4 Å². The number of carbonyl (C=O) groups excluding carboxylic acids is 2. The fraction of sp³-hybridized carbons (Fsp3) is 0.100. The van der Waals surface area contributed by atoms with Gasteiger partial charge in [0.15, 0.2) is 0 Å². The number of rotatable bonds is 4. The van der Waals surface area contributed by atoms with Crippen molar-refractivity contribution in [1.82, 2.24) is 9.97 Å². The Morgan fingerprint density at radius 2 is 1.76 bits per heavy atom. The Bertz CT molecular complexity index is 1090. The van der Waals surface area contributed by atoms with Crippen molar-refractivity contribution in [3.05, 3.63) is 82.1 Å². The normalized spacial score (nSPS) is 10.5. The molecule has 9 heteroatoms. The highest BCUT2D eigenvalue weighted by Crippen LogP contribution is 2.24. The largest absolute Gasteiger partial charge is 0.322 e. The summed E-state index contributed by atoms with van der Waals surface area (Å²) in [4.78, 5) is 33.0. The maximum Gasteiger partial charge on any atom is 0.272 e. The van der Waals surface area contributed by atoms with E-state index in [9.17, 15) is 14.0 Å². The zero-order valence-electron chi connectivity index (χ0n) is 15.6. The summed E-state index contributed by atoms with van der Waals surface area (Å²) in [6.45, 7) is 3.26. The minimum absolute atomic E-state index is 0.00813. The van der Waals surface area contributed by atoms with Crippen molar-refractivity contribution in [2.24, 2.45) is 5.84 Å². The number of carbonyl (C=O) groups is 2. The van der Waals surface area contributed by atoms with Gasteiger partial charge in [-0.05, 0) is 43.2 Å². The van der Waals surface area contributed by atoms with Crippen LogP contribution in [0.5, 0.6) is 0 Å². The lowest BCUT2D eigenvalue weighted by atomic mass is 10.1. The monoisotopic (exact) mass is 413 g/mol. The summed E-state index contributed by atoms with van der Waals surface area (Å²) in [7, 11) is 0. The molecule has 0 aliphatic rings. The van der Waals surface area contributed by atoms with E-state index < -0.39 is 17.6 Å². The van der Waals surface area contributed by atoms with Crippen LogP contribution in [0.25, 0.3) is 0 Å². The molecule has 29 heavy (non-hydrogen) atoms. The minimum atomic E-state index is -0.723. The lowest BCUT2D eigenvalue weighted by molar-refractivity contribution is 0.0983. The molecule has 2 aromatic carbocycles. The summed E-state index contributed by atoms with van der Waals surface area (Å²) in [6, 6.07) is 7.64. The van der Waals surface area contributed by atoms with E-state index in [-0.39, 0.29) is 16.1 Å². The zero-order valence-corrected chi connectivity index (χ0v) is 16.4. The van der Waals surface area contributed by atoms with Crippen LogP contribution in [0, 0.1) is 19.7 Å². The molecular weight excluding hydrogens is 397 g/mol. The molecule has 148 valence electrons. The second-order valence-corrected chi connectivity index (χ2v) is 6.72. The number of benzene rings is 2. The standard InChI is InChI=1S/C20H17ClFN5O2/c1-11-3-5-13(26-19(28)17-16(21)6-4-12(2)18(17)22)7-15(11)20(29)27(23)14-8-24-10-25-9-14/h3-10H,23H2,1-2H3,(H,26,28). The van der Waals surface area contributed by atoms with Crippen molar-refractivity contribution in [2.45, 2.75) is 13.8 Å². The molecule has 0 aliphatic heterocycles. The van der Waals surface area contributed by atoms with Gasteiger partial charge in [0.05, 0.1) is 28.7 Å². The Labute approximate surface area is 171 Å². The molecule has 0 saturated carbocycles. The number of hydrogen-bond acceptors (Lipinski definition) is 5. The number of nitrogens with one attached hydrogen (secondary N) is 1. The summed E-state index contributed by atoms with van der Waals surface area (Å²) in [5, 5.41) is 3.47. The van der Waals surface area contributed by atoms with E-state index in [0.717, 1.165) is 5.01 Å². The predicted molar refractivity (Wildman–Crippen MR) is 108 cm³/mol. The van der Waals surface area contributed by atoms with Gasteiger partial charge in [-0.1, -0.05) is 23.7 Å². The highest BCUT2D eigenvalue weighted by molar-refractivity contribution is 6.34. The summed E-state index contributed by atoms with van der Waals surface area (Å²) >= 11 is 5.99. The number of aryl methyl sites for hydroxylation is 2. The number of aromatic nitrogens is 2. The molecule has 3 N–H and O–H groups in total. The number of hydrogen-bond donors (Lipinski definition) is 2. The number of anilines is 2. The van der Waals surface area contributed by atoms with E-state index in [0.29, 0.717) is 22.5 Å². The average molecular weight is 414 g/mol. The number of nitrogens with two attached hydrogens (primary N) is 1. The van der Waals surface area contributed by atoms with Crippen LogP contribution in [0.2, 0.25) is 5.02 Å². The van der Waals surface area contributed by atoms with Gasteiger partial charge in [-0.2, -0.15) is 0 Å². The van der Waals surface area contributed by atoms with Gasteiger partial charge < -0.3 is 5.32 Å². The van der Waals surface area contributed by atoms with Crippen LogP contribution in [-0.4, -0.2) is 21.8 Å². The van der Waals surface area contributed by atoms with Crippen molar-refractivity contribution < 1.29 is 14.0 Å². The second kappa shape index (κ2) is 8.34. The smallest absolute Gasteiger partial charge is 0.272 e. The van der Waals surface area contributed by atoms with Crippen molar-refractivity contribution in [3.63, 3.8) is 0 Å². The maximum absolute atomic E-state index is 14.3. The molecule has 3 aromatic rings. The topological polar surface area (TPSA) is 101 Å². The number of nitrogens with zero attached hydrogens (tertiary/aromatic N) is 3. The fourth-order valence-electron chi connectivity index (χ4n) is 2.65. The first-order valence-corrected chi connectivity index (χ1v) is 8.88. The van der Waals surface area contributed by atoms with Gasteiger partial charge >= 0.3 is 0 Å². The lowest BCUT2D eigenvalue weighted by Gasteiger charge is -2.18. The third-order valence-electron chi connectivity index (χ3n) is 4.28. The quantitative estimate of drug-likeness (QED) is 0.386. The van der Waals surface area contributed by atoms with Gasteiger partial charge in [-0.15, -0.1) is 0 Å². The Morgan fingerprint density at radius 3 is 2.45 bits per heavy atom. The van der Waals surface area contributed by atoms with Crippen LogP contribution in [0.1, 0.15) is 31.8 Å². The molecular formula is C20H17ClFN5O2. The van der Waals surface area contributed by atoms with E-state index in [2.05, 4.69) is 15.3 Å². The van der Waals surface area contributed by atoms with E-state index in [1.807, 2.05) is 0 Å². The Balaban J connectivity index is 1.89. The summed E-state index contributed by atoms with van der Waals surface area (Å²) in [6.07, 6.45) is 4.11. The molecule has 1 heterocycles. The van der Waals surface area contributed by atoms with Gasteiger partial charge in [0, 0.05) is 11.3 Å². The lowest BCUT2D eigenvalue weighted by Crippen LogP contribution is -2.38. The highest BCUT2D eigenvalue weighted by Gasteiger charge is 2.20. The summed E-state index contributed by atoms with van der Waals surface area (Å²) < 4.78 is 14.3. The predicted octanol–water partition coefficient (Wildman–Crippen LogP) is 3.66. The highest BCUT2D eigenvalue weighted by atomic mass is 35.5. The molecule has 0 unspecified atom stereocenters. The molecule has 1 aromatic heterocycles. The van der Waals surface area contributed by atoms with E-state index in [1.54, 1.807) is 19.1 Å². The number of amides is 2. The molecule has 7 nitrogen and oxygen atoms in total. The van der Waals surface area contributed by atoms with Gasteiger partial charge in [0.1, 0.15) is 12.1 Å². The molecule has 0 saturated heterocycles. The van der Waals surface area contributed by atoms with Crippen LogP contribution in [0.3, 0.4) is 0 Å². The summed E-state index contributed by atoms with van der Waals surface area (Å²) in [5.74, 6) is 3.95. The van der Waals surface area contributed by atoms with Gasteiger partial charge in [-0.3, -0.25) is 9.59 Å². The first-order valence-electron chi connectivity index (χ1n) is 8.50. The van der Waals surface area contributed by atoms with Gasteiger partial charge in [-0.25, -0.2) is 25.2 Å². The summed E-state index contributed by atoms with van der Waals surface area (Å²) in [5.41, 5.74) is 1.52. The van der Waals surface area contributed by atoms with E-state index in [1.165, 1.54) is 43.8 Å². The van der Waals surface area contributed by atoms with Gasteiger partial charge in [0.25, 0.3) is 11.8 Å². The maximum atomic E-state index is 14.3. The first-order chi connectivity index (χ1) is 13.8. The fourth-order valence-corrected chi connectivity index (χ4v) is 2.88. The first kappa shape index (κ1) is 20.4. The molecule has 0 radical (unpaired) electrons. The van der Waals surface area contributed by atoms with Crippen LogP contribution >= 0.6 is 11.6 Å². The molecule has 0 atom stereocenters. The van der Waals surface area contributed by atoms with Crippen molar-refractivity contribution >= 4 is 34.8 Å². The molecule has 0 bridgehead atoms. The molecule has 2 amide bonds. The van der Waals surface area contributed by atoms with Crippen LogP contribution in [-0.2, 0) is 0 Å². The van der Waals surface area contributed by atoms with Crippen molar-refractivity contribution in [1.29, 1.82) is 0 Å². The Morgan fingerprint density at radius 1 is 1.10 bits per heavy atom. The van der Waals surface area contributed by atoms with Crippen LogP contribution < -0.4 is 16.2 Å². The van der Waals surface area contributed by atoms with Crippen LogP contribution in [0.15, 0.2) is 49.1 Å². The minimum Gasteiger partial charge on any atom is -0.322 e. The molecule has 0 fully saturated rings. The third-order valence-corrected chi connectivity index (χ3v) is 4.60.